The van der Waals surface area contributed by atoms with Crippen LogP contribution in [0.1, 0.15) is 37.3 Å². The maximum atomic E-state index is 13.4. The third-order valence-electron chi connectivity index (χ3n) is 2.52. The van der Waals surface area contributed by atoms with Crippen molar-refractivity contribution in [1.82, 2.24) is 0 Å². The van der Waals surface area contributed by atoms with Gasteiger partial charge in [0.2, 0.25) is 0 Å². The number of carboxylic acid groups (broad SMARTS) is 1. The highest BCUT2D eigenvalue weighted by Gasteiger charge is 2.06. The molecule has 0 aliphatic carbocycles. The van der Waals surface area contributed by atoms with Crippen LogP contribution in [0.5, 0.6) is 0 Å². The van der Waals surface area contributed by atoms with Gasteiger partial charge in [0.15, 0.2) is 0 Å². The number of aliphatic carboxylic acids is 1. The number of carbonyl (C=O) groups is 1. The smallest absolute Gasteiger partial charge is 0.307 e. The average molecular weight is 256 g/mol. The third-order valence-corrected chi connectivity index (χ3v) is 2.52. The molecule has 0 fully saturated rings. The minimum atomic E-state index is -0.883. The third kappa shape index (κ3) is 6.35. The molecule has 0 amide bonds. The summed E-state index contributed by atoms with van der Waals surface area (Å²) in [4.78, 5) is 10.5. The second kappa shape index (κ2) is 9.59. The Morgan fingerprint density at radius 3 is 2.50 bits per heavy atom. The number of hydrogen-bond donors (Lipinski definition) is 2. The maximum absolute atomic E-state index is 13.4. The molecule has 0 aliphatic rings. The van der Waals surface area contributed by atoms with E-state index in [2.05, 4.69) is 6.92 Å². The van der Waals surface area contributed by atoms with Gasteiger partial charge in [-0.3, -0.25) is 4.79 Å². The predicted molar refractivity (Wildman–Crippen MR) is 69.1 cm³/mol. The zero-order chi connectivity index (χ0) is 14.0. The molecule has 3 nitrogen and oxygen atoms in total. The van der Waals surface area contributed by atoms with E-state index in [1.807, 2.05) is 0 Å². The summed E-state index contributed by atoms with van der Waals surface area (Å²) in [6, 6.07) is 4.56. The SMILES string of the molecule is CCCCCc1cc(CC(=O)O)ccc1F.CO. The van der Waals surface area contributed by atoms with Gasteiger partial charge in [0.1, 0.15) is 5.82 Å². The quantitative estimate of drug-likeness (QED) is 0.769. The van der Waals surface area contributed by atoms with Crippen LogP contribution in [0.4, 0.5) is 4.39 Å². The van der Waals surface area contributed by atoms with Crippen LogP contribution in [-0.2, 0) is 17.6 Å². The molecule has 0 bridgehead atoms. The van der Waals surface area contributed by atoms with Gasteiger partial charge in [-0.1, -0.05) is 31.9 Å². The van der Waals surface area contributed by atoms with Gasteiger partial charge in [0.05, 0.1) is 6.42 Å². The molecule has 0 unspecified atom stereocenters. The Labute approximate surface area is 107 Å². The van der Waals surface area contributed by atoms with Crippen LogP contribution in [0.2, 0.25) is 0 Å². The molecule has 0 radical (unpaired) electrons. The summed E-state index contributed by atoms with van der Waals surface area (Å²) in [6.45, 7) is 2.09. The molecule has 1 aromatic carbocycles. The van der Waals surface area contributed by atoms with Gasteiger partial charge in [-0.25, -0.2) is 4.39 Å². The normalized spacial score (nSPS) is 9.56. The summed E-state index contributed by atoms with van der Waals surface area (Å²) in [7, 11) is 1.00. The predicted octanol–water partition coefficient (Wildman–Crippen LogP) is 2.79. The van der Waals surface area contributed by atoms with Gasteiger partial charge in [-0.15, -0.1) is 0 Å². The fraction of sp³-hybridized carbons (Fsp3) is 0.500. The molecule has 0 aromatic heterocycles. The van der Waals surface area contributed by atoms with Crippen LogP contribution in [0, 0.1) is 5.82 Å². The fourth-order valence-electron chi connectivity index (χ4n) is 1.67. The number of unbranched alkanes of at least 4 members (excludes halogenated alkanes) is 2. The summed E-state index contributed by atoms with van der Waals surface area (Å²) < 4.78 is 13.4. The van der Waals surface area contributed by atoms with Gasteiger partial charge in [-0.05, 0) is 30.0 Å². The van der Waals surface area contributed by atoms with Crippen molar-refractivity contribution in [2.24, 2.45) is 0 Å². The summed E-state index contributed by atoms with van der Waals surface area (Å²) in [6.07, 6.45) is 3.76. The van der Waals surface area contributed by atoms with Gasteiger partial charge in [0.25, 0.3) is 0 Å². The molecule has 102 valence electrons. The van der Waals surface area contributed by atoms with E-state index in [9.17, 15) is 9.18 Å². The molecule has 18 heavy (non-hydrogen) atoms. The van der Waals surface area contributed by atoms with Gasteiger partial charge in [-0.2, -0.15) is 0 Å². The minimum Gasteiger partial charge on any atom is -0.481 e. The standard InChI is InChI=1S/C13H17FO2.CH4O/c1-2-3-4-5-11-8-10(9-13(15)16)6-7-12(11)14;1-2/h6-8H,2-5,9H2,1H3,(H,15,16);2H,1H3. The number of aryl methyl sites for hydroxylation is 1. The van der Waals surface area contributed by atoms with E-state index in [0.717, 1.165) is 26.4 Å². The van der Waals surface area contributed by atoms with E-state index < -0.39 is 5.97 Å². The monoisotopic (exact) mass is 256 g/mol. The van der Waals surface area contributed by atoms with Crippen LogP contribution in [0.3, 0.4) is 0 Å². The van der Waals surface area contributed by atoms with E-state index >= 15 is 0 Å². The van der Waals surface area contributed by atoms with Gasteiger partial charge in [0, 0.05) is 7.11 Å². The molecule has 0 aliphatic heterocycles. The topological polar surface area (TPSA) is 57.5 Å². The van der Waals surface area contributed by atoms with E-state index in [-0.39, 0.29) is 12.2 Å². The molecular formula is C14H21FO3. The molecule has 1 rings (SSSR count). The highest BCUT2D eigenvalue weighted by molar-refractivity contribution is 5.70. The molecule has 0 heterocycles. The molecule has 0 spiro atoms. The molecule has 2 N–H and O–H groups in total. The molecule has 0 saturated heterocycles. The summed E-state index contributed by atoms with van der Waals surface area (Å²) in [5.41, 5.74) is 1.30. The highest BCUT2D eigenvalue weighted by Crippen LogP contribution is 2.14. The lowest BCUT2D eigenvalue weighted by Crippen LogP contribution is -2.01. The van der Waals surface area contributed by atoms with Crippen LogP contribution < -0.4 is 0 Å². The zero-order valence-corrected chi connectivity index (χ0v) is 10.9. The van der Waals surface area contributed by atoms with E-state index in [4.69, 9.17) is 10.2 Å². The van der Waals surface area contributed by atoms with Crippen LogP contribution >= 0.6 is 0 Å². The van der Waals surface area contributed by atoms with Crippen molar-refractivity contribution in [1.29, 1.82) is 0 Å². The van der Waals surface area contributed by atoms with Gasteiger partial charge < -0.3 is 10.2 Å². The summed E-state index contributed by atoms with van der Waals surface area (Å²) in [5, 5.41) is 15.6. The first-order valence-electron chi connectivity index (χ1n) is 6.07. The Morgan fingerprint density at radius 2 is 1.94 bits per heavy atom. The molecule has 4 heteroatoms. The number of aliphatic hydroxyl groups excluding tert-OH is 1. The van der Waals surface area contributed by atoms with Crippen molar-refractivity contribution in [3.8, 4) is 0 Å². The Kier molecular flexibility index (Phi) is 8.84. The Bertz CT molecular complexity index is 364. The molecule has 1 aromatic rings. The number of aliphatic hydroxyl groups is 1. The van der Waals surface area contributed by atoms with Gasteiger partial charge >= 0.3 is 5.97 Å². The Morgan fingerprint density at radius 1 is 1.28 bits per heavy atom. The second-order valence-corrected chi connectivity index (χ2v) is 3.95. The lowest BCUT2D eigenvalue weighted by molar-refractivity contribution is -0.136. The summed E-state index contributed by atoms with van der Waals surface area (Å²) in [5.74, 6) is -1.11. The largest absolute Gasteiger partial charge is 0.481 e. The maximum Gasteiger partial charge on any atom is 0.307 e. The second-order valence-electron chi connectivity index (χ2n) is 3.95. The number of benzene rings is 1. The fourth-order valence-corrected chi connectivity index (χ4v) is 1.67. The van der Waals surface area contributed by atoms with Crippen LogP contribution in [-0.4, -0.2) is 23.3 Å². The lowest BCUT2D eigenvalue weighted by atomic mass is 10.0. The highest BCUT2D eigenvalue weighted by atomic mass is 19.1. The number of halogens is 1. The first-order chi connectivity index (χ1) is 8.63. The van der Waals surface area contributed by atoms with Crippen LogP contribution in [0.25, 0.3) is 0 Å². The van der Waals surface area contributed by atoms with Crippen LogP contribution in [0.15, 0.2) is 18.2 Å². The number of rotatable bonds is 6. The molecular weight excluding hydrogens is 235 g/mol. The van der Waals surface area contributed by atoms with Crippen molar-refractivity contribution in [3.63, 3.8) is 0 Å². The van der Waals surface area contributed by atoms with Crippen molar-refractivity contribution in [2.45, 2.75) is 39.0 Å². The van der Waals surface area contributed by atoms with Crippen molar-refractivity contribution in [3.05, 3.63) is 35.1 Å². The minimum absolute atomic E-state index is 0.0406. The van der Waals surface area contributed by atoms with Crippen molar-refractivity contribution >= 4 is 5.97 Å². The van der Waals surface area contributed by atoms with E-state index in [1.165, 1.54) is 12.1 Å². The number of carboxylic acids is 1. The molecule has 0 saturated carbocycles. The average Bonchev–Trinajstić information content (AvgIpc) is 2.35. The van der Waals surface area contributed by atoms with E-state index in [0.29, 0.717) is 17.5 Å². The first-order valence-corrected chi connectivity index (χ1v) is 6.07. The Balaban J connectivity index is 0.00000137. The molecule has 0 atom stereocenters. The summed E-state index contributed by atoms with van der Waals surface area (Å²) >= 11 is 0. The Hall–Kier alpha value is -1.42. The van der Waals surface area contributed by atoms with E-state index in [1.54, 1.807) is 6.07 Å². The first kappa shape index (κ1) is 16.6. The van der Waals surface area contributed by atoms with Crippen molar-refractivity contribution in [2.75, 3.05) is 7.11 Å². The zero-order valence-electron chi connectivity index (χ0n) is 10.9. The number of hydrogen-bond acceptors (Lipinski definition) is 2. The lowest BCUT2D eigenvalue weighted by Gasteiger charge is -2.05. The van der Waals surface area contributed by atoms with Crippen molar-refractivity contribution < 1.29 is 19.4 Å².